The van der Waals surface area contributed by atoms with Gasteiger partial charge in [-0.3, -0.25) is 9.59 Å². The lowest BCUT2D eigenvalue weighted by Gasteiger charge is -2.17. The minimum atomic E-state index is -0.431. The summed E-state index contributed by atoms with van der Waals surface area (Å²) in [5.41, 5.74) is 1.33. The molecule has 2 amide bonds. The van der Waals surface area contributed by atoms with Gasteiger partial charge in [0.2, 0.25) is 11.8 Å². The summed E-state index contributed by atoms with van der Waals surface area (Å²) in [4.78, 5) is 26.1. The van der Waals surface area contributed by atoms with Gasteiger partial charge in [0.1, 0.15) is 5.82 Å². The van der Waals surface area contributed by atoms with Crippen molar-refractivity contribution in [1.82, 2.24) is 4.90 Å². The maximum absolute atomic E-state index is 13.2. The molecular weight excluding hydrogens is 363 g/mol. The van der Waals surface area contributed by atoms with E-state index in [-0.39, 0.29) is 24.3 Å². The zero-order valence-electron chi connectivity index (χ0n) is 15.9. The van der Waals surface area contributed by atoms with Gasteiger partial charge in [-0.05, 0) is 42.8 Å². The fourth-order valence-electron chi connectivity index (χ4n) is 3.30. The molecule has 1 heterocycles. The zero-order chi connectivity index (χ0) is 20.1. The molecule has 1 fully saturated rings. The Morgan fingerprint density at radius 2 is 2.07 bits per heavy atom. The first-order valence-corrected chi connectivity index (χ1v) is 9.14. The summed E-state index contributed by atoms with van der Waals surface area (Å²) in [5, 5.41) is 2.62. The Kier molecular flexibility index (Phi) is 6.13. The average Bonchev–Trinajstić information content (AvgIpc) is 3.02. The number of likely N-dealkylation sites (tertiary alicyclic amines) is 1. The van der Waals surface area contributed by atoms with Gasteiger partial charge in [-0.25, -0.2) is 4.39 Å². The number of carbonyl (C=O) groups excluding carboxylic acids is 2. The lowest BCUT2D eigenvalue weighted by atomic mass is 9.98. The van der Waals surface area contributed by atoms with Gasteiger partial charge in [-0.2, -0.15) is 0 Å². The molecule has 0 spiro atoms. The highest BCUT2D eigenvalue weighted by Gasteiger charge is 2.32. The molecule has 2 aromatic rings. The molecule has 1 aliphatic heterocycles. The normalized spacial score (nSPS) is 16.2. The van der Waals surface area contributed by atoms with Crippen LogP contribution in [0.4, 0.5) is 10.1 Å². The summed E-state index contributed by atoms with van der Waals surface area (Å²) >= 11 is 0. The van der Waals surface area contributed by atoms with Crippen molar-refractivity contribution in [1.29, 1.82) is 0 Å². The van der Waals surface area contributed by atoms with E-state index in [9.17, 15) is 14.0 Å². The molecule has 1 atom stereocenters. The van der Waals surface area contributed by atoms with E-state index in [1.54, 1.807) is 13.2 Å². The Hall–Kier alpha value is -3.09. The Labute approximate surface area is 163 Å². The minimum absolute atomic E-state index is 0.0282. The number of methoxy groups -OCH3 is 1. The first-order chi connectivity index (χ1) is 13.5. The van der Waals surface area contributed by atoms with Gasteiger partial charge in [-0.15, -0.1) is 0 Å². The summed E-state index contributed by atoms with van der Waals surface area (Å²) < 4.78 is 24.1. The van der Waals surface area contributed by atoms with Crippen LogP contribution in [0, 0.1) is 5.82 Å². The van der Waals surface area contributed by atoms with Crippen molar-refractivity contribution < 1.29 is 23.5 Å². The topological polar surface area (TPSA) is 67.9 Å². The molecule has 1 saturated heterocycles. The highest BCUT2D eigenvalue weighted by atomic mass is 19.1. The number of halogens is 1. The van der Waals surface area contributed by atoms with E-state index in [2.05, 4.69) is 5.32 Å². The molecule has 28 heavy (non-hydrogen) atoms. The molecule has 1 N–H and O–H groups in total. The maximum Gasteiger partial charge on any atom is 0.243 e. The van der Waals surface area contributed by atoms with Gasteiger partial charge in [0.25, 0.3) is 0 Å². The number of carbonyl (C=O) groups is 2. The molecule has 2 aromatic carbocycles. The zero-order valence-corrected chi connectivity index (χ0v) is 15.9. The molecule has 0 bridgehead atoms. The monoisotopic (exact) mass is 386 g/mol. The second-order valence-electron chi connectivity index (χ2n) is 6.58. The van der Waals surface area contributed by atoms with E-state index in [1.165, 1.54) is 23.1 Å². The highest BCUT2D eigenvalue weighted by Crippen LogP contribution is 2.35. The predicted octanol–water partition coefficient (Wildman–Crippen LogP) is 3.19. The summed E-state index contributed by atoms with van der Waals surface area (Å²) in [6.07, 6.45) is 0.325. The summed E-state index contributed by atoms with van der Waals surface area (Å²) in [6.45, 7) is 2.77. The van der Waals surface area contributed by atoms with E-state index in [0.29, 0.717) is 36.8 Å². The third-order valence-electron chi connectivity index (χ3n) is 4.62. The first kappa shape index (κ1) is 19.7. The number of nitrogens with zero attached hydrogens (tertiary/aromatic N) is 1. The van der Waals surface area contributed by atoms with Crippen molar-refractivity contribution in [3.05, 3.63) is 53.8 Å². The van der Waals surface area contributed by atoms with E-state index >= 15 is 0 Å². The Bertz CT molecular complexity index is 871. The lowest BCUT2D eigenvalue weighted by molar-refractivity contribution is -0.131. The fraction of sp³-hybridized carbons (Fsp3) is 0.333. The van der Waals surface area contributed by atoms with Gasteiger partial charge >= 0.3 is 0 Å². The second-order valence-corrected chi connectivity index (χ2v) is 6.58. The van der Waals surface area contributed by atoms with Crippen LogP contribution in [0.1, 0.15) is 24.8 Å². The molecule has 0 radical (unpaired) electrons. The Morgan fingerprint density at radius 1 is 1.25 bits per heavy atom. The SMILES string of the molecule is CCOc1cc(C2CC(=O)N(CC(=O)Nc3cccc(F)c3)C2)ccc1OC. The van der Waals surface area contributed by atoms with Gasteiger partial charge in [-0.1, -0.05) is 12.1 Å². The van der Waals surface area contributed by atoms with Crippen LogP contribution in [0.3, 0.4) is 0 Å². The summed E-state index contributed by atoms with van der Waals surface area (Å²) in [6, 6.07) is 11.3. The molecule has 6 nitrogen and oxygen atoms in total. The molecule has 3 rings (SSSR count). The number of ether oxygens (including phenoxy) is 2. The quantitative estimate of drug-likeness (QED) is 0.794. The molecule has 1 unspecified atom stereocenters. The van der Waals surface area contributed by atoms with E-state index in [0.717, 1.165) is 5.56 Å². The number of hydrogen-bond acceptors (Lipinski definition) is 4. The molecule has 1 aliphatic rings. The van der Waals surface area contributed by atoms with Crippen molar-refractivity contribution in [2.45, 2.75) is 19.3 Å². The Balaban J connectivity index is 1.65. The van der Waals surface area contributed by atoms with Gasteiger partial charge in [0, 0.05) is 24.6 Å². The molecule has 148 valence electrons. The fourth-order valence-corrected chi connectivity index (χ4v) is 3.30. The summed E-state index contributed by atoms with van der Waals surface area (Å²) in [5.74, 6) is 0.371. The number of anilines is 1. The molecule has 0 saturated carbocycles. The van der Waals surface area contributed by atoms with Crippen LogP contribution in [0.2, 0.25) is 0 Å². The lowest BCUT2D eigenvalue weighted by Crippen LogP contribution is -2.34. The minimum Gasteiger partial charge on any atom is -0.493 e. The number of rotatable bonds is 7. The van der Waals surface area contributed by atoms with Crippen molar-refractivity contribution >= 4 is 17.5 Å². The maximum atomic E-state index is 13.2. The number of hydrogen-bond donors (Lipinski definition) is 1. The van der Waals surface area contributed by atoms with Crippen LogP contribution in [0.15, 0.2) is 42.5 Å². The summed E-state index contributed by atoms with van der Waals surface area (Å²) in [7, 11) is 1.58. The average molecular weight is 386 g/mol. The molecule has 0 aromatic heterocycles. The molecule has 0 aliphatic carbocycles. The van der Waals surface area contributed by atoms with Gasteiger partial charge < -0.3 is 19.7 Å². The number of nitrogens with one attached hydrogen (secondary N) is 1. The van der Waals surface area contributed by atoms with Crippen molar-refractivity contribution in [2.75, 3.05) is 32.1 Å². The van der Waals surface area contributed by atoms with Crippen LogP contribution in [0.5, 0.6) is 11.5 Å². The second kappa shape index (κ2) is 8.73. The molecule has 7 heteroatoms. The van der Waals surface area contributed by atoms with Crippen molar-refractivity contribution in [3.63, 3.8) is 0 Å². The van der Waals surface area contributed by atoms with Crippen LogP contribution in [0.25, 0.3) is 0 Å². The molecular formula is C21H23FN2O4. The largest absolute Gasteiger partial charge is 0.493 e. The third kappa shape index (κ3) is 4.60. The number of amides is 2. The number of benzene rings is 2. The third-order valence-corrected chi connectivity index (χ3v) is 4.62. The van der Waals surface area contributed by atoms with Crippen LogP contribution >= 0.6 is 0 Å². The van der Waals surface area contributed by atoms with Crippen LogP contribution in [-0.2, 0) is 9.59 Å². The van der Waals surface area contributed by atoms with E-state index in [1.807, 2.05) is 25.1 Å². The van der Waals surface area contributed by atoms with E-state index < -0.39 is 5.82 Å². The standard InChI is InChI=1S/C21H23FN2O4/c1-3-28-19-9-14(7-8-18(19)27-2)15-10-21(26)24(12-15)13-20(25)23-17-6-4-5-16(22)11-17/h4-9,11,15H,3,10,12-13H2,1-2H3,(H,23,25). The van der Waals surface area contributed by atoms with Crippen molar-refractivity contribution in [3.8, 4) is 11.5 Å². The van der Waals surface area contributed by atoms with Crippen LogP contribution in [-0.4, -0.2) is 43.5 Å². The predicted molar refractivity (Wildman–Crippen MR) is 103 cm³/mol. The van der Waals surface area contributed by atoms with Crippen LogP contribution < -0.4 is 14.8 Å². The highest BCUT2D eigenvalue weighted by molar-refractivity contribution is 5.95. The van der Waals surface area contributed by atoms with Gasteiger partial charge in [0.05, 0.1) is 20.3 Å². The smallest absolute Gasteiger partial charge is 0.243 e. The van der Waals surface area contributed by atoms with E-state index in [4.69, 9.17) is 9.47 Å². The first-order valence-electron chi connectivity index (χ1n) is 9.14. The van der Waals surface area contributed by atoms with Gasteiger partial charge in [0.15, 0.2) is 11.5 Å². The van der Waals surface area contributed by atoms with Crippen molar-refractivity contribution in [2.24, 2.45) is 0 Å². The Morgan fingerprint density at radius 3 is 2.79 bits per heavy atom.